The quantitative estimate of drug-likeness (QED) is 0.801. The van der Waals surface area contributed by atoms with Crippen molar-refractivity contribution in [3.8, 4) is 12.1 Å². The van der Waals surface area contributed by atoms with Gasteiger partial charge in [-0.3, -0.25) is 4.79 Å². The van der Waals surface area contributed by atoms with Gasteiger partial charge in [-0.15, -0.1) is 0 Å². The van der Waals surface area contributed by atoms with Gasteiger partial charge in [0, 0.05) is 13.1 Å². The summed E-state index contributed by atoms with van der Waals surface area (Å²) in [5.74, 6) is 0.210. The molecule has 21 heavy (non-hydrogen) atoms. The predicted molar refractivity (Wildman–Crippen MR) is 76.2 cm³/mol. The summed E-state index contributed by atoms with van der Waals surface area (Å²) in [6.45, 7) is 2.24. The fourth-order valence-electron chi connectivity index (χ4n) is 1.82. The van der Waals surface area contributed by atoms with Gasteiger partial charge in [-0.2, -0.15) is 10.5 Å². The molecule has 0 aliphatic carbocycles. The average Bonchev–Trinajstić information content (AvgIpc) is 2.53. The van der Waals surface area contributed by atoms with Crippen LogP contribution in [0.15, 0.2) is 11.1 Å². The van der Waals surface area contributed by atoms with Crippen LogP contribution in [0, 0.1) is 22.7 Å². The summed E-state index contributed by atoms with van der Waals surface area (Å²) in [5, 5.41) is 18.3. The van der Waals surface area contributed by atoms with Crippen LogP contribution in [0.5, 0.6) is 0 Å². The lowest BCUT2D eigenvalue weighted by atomic mass is 10.2. The third-order valence-electron chi connectivity index (χ3n) is 2.95. The third-order valence-corrected chi connectivity index (χ3v) is 3.93. The zero-order chi connectivity index (χ0) is 15.2. The van der Waals surface area contributed by atoms with E-state index in [4.69, 9.17) is 21.0 Å². The lowest BCUT2D eigenvalue weighted by Gasteiger charge is -2.26. The highest BCUT2D eigenvalue weighted by Gasteiger charge is 2.18. The number of carbonyl (C=O) groups excluding carboxylic acids is 1. The van der Waals surface area contributed by atoms with Crippen LogP contribution in [-0.4, -0.2) is 47.8 Å². The molecule has 2 rings (SSSR count). The molecule has 7 nitrogen and oxygen atoms in total. The van der Waals surface area contributed by atoms with Gasteiger partial charge >= 0.3 is 0 Å². The molecule has 0 bridgehead atoms. The number of anilines is 1. The maximum absolute atomic E-state index is 12.0. The largest absolute Gasteiger partial charge is 0.383 e. The van der Waals surface area contributed by atoms with Crippen LogP contribution in [-0.2, 0) is 9.53 Å². The number of nitrogen functional groups attached to an aromatic ring is 1. The second-order valence-corrected chi connectivity index (χ2v) is 5.24. The van der Waals surface area contributed by atoms with Crippen LogP contribution in [0.2, 0.25) is 0 Å². The van der Waals surface area contributed by atoms with E-state index in [0.29, 0.717) is 31.3 Å². The summed E-state index contributed by atoms with van der Waals surface area (Å²) < 4.78 is 5.19. The number of ether oxygens (including phenoxy) is 1. The second-order valence-electron chi connectivity index (χ2n) is 4.28. The molecule has 1 saturated heterocycles. The van der Waals surface area contributed by atoms with Crippen molar-refractivity contribution in [3.05, 3.63) is 17.2 Å². The summed E-state index contributed by atoms with van der Waals surface area (Å²) in [4.78, 5) is 17.8. The number of morpholine rings is 1. The number of nitriles is 2. The number of nitrogens with two attached hydrogens (primary N) is 1. The lowest BCUT2D eigenvalue weighted by Crippen LogP contribution is -2.41. The molecule has 1 aromatic heterocycles. The van der Waals surface area contributed by atoms with Crippen molar-refractivity contribution in [1.29, 1.82) is 10.5 Å². The zero-order valence-electron chi connectivity index (χ0n) is 11.2. The van der Waals surface area contributed by atoms with Crippen molar-refractivity contribution < 1.29 is 9.53 Å². The van der Waals surface area contributed by atoms with E-state index in [1.807, 2.05) is 12.1 Å². The molecule has 1 amide bonds. The van der Waals surface area contributed by atoms with Crippen LogP contribution in [0.1, 0.15) is 11.1 Å². The molecule has 2 N–H and O–H groups in total. The molecule has 0 saturated carbocycles. The number of pyridine rings is 1. The van der Waals surface area contributed by atoms with Crippen LogP contribution in [0.3, 0.4) is 0 Å². The predicted octanol–water partition coefficient (Wildman–Crippen LogP) is 0.358. The Hall–Kier alpha value is -2.29. The fourth-order valence-corrected chi connectivity index (χ4v) is 2.69. The Morgan fingerprint density at radius 1 is 1.38 bits per heavy atom. The highest BCUT2D eigenvalue weighted by atomic mass is 32.2. The zero-order valence-corrected chi connectivity index (χ0v) is 12.0. The van der Waals surface area contributed by atoms with Gasteiger partial charge in [0.1, 0.15) is 23.0 Å². The number of amides is 1. The number of carbonyl (C=O) groups is 1. The minimum absolute atomic E-state index is 0.0306. The van der Waals surface area contributed by atoms with E-state index in [0.717, 1.165) is 11.8 Å². The Labute approximate surface area is 126 Å². The molecule has 1 aliphatic rings. The summed E-state index contributed by atoms with van der Waals surface area (Å²) >= 11 is 1.15. The summed E-state index contributed by atoms with van der Waals surface area (Å²) in [6, 6.07) is 5.24. The van der Waals surface area contributed by atoms with Crippen LogP contribution < -0.4 is 5.73 Å². The molecular weight excluding hydrogens is 290 g/mol. The monoisotopic (exact) mass is 303 g/mol. The molecule has 0 unspecified atom stereocenters. The van der Waals surface area contributed by atoms with Gasteiger partial charge in [0.25, 0.3) is 0 Å². The molecule has 108 valence electrons. The van der Waals surface area contributed by atoms with E-state index < -0.39 is 0 Å². The minimum Gasteiger partial charge on any atom is -0.383 e. The summed E-state index contributed by atoms with van der Waals surface area (Å²) in [6.07, 6.45) is 0. The first-order valence-corrected chi connectivity index (χ1v) is 7.23. The van der Waals surface area contributed by atoms with Gasteiger partial charge < -0.3 is 15.4 Å². The van der Waals surface area contributed by atoms with Crippen molar-refractivity contribution in [1.82, 2.24) is 9.88 Å². The molecule has 0 atom stereocenters. The SMILES string of the molecule is N#Cc1cc(C#N)c(SCC(=O)N2CCOCC2)nc1N. The van der Waals surface area contributed by atoms with Gasteiger partial charge in [0.15, 0.2) is 0 Å². The lowest BCUT2D eigenvalue weighted by molar-refractivity contribution is -0.132. The van der Waals surface area contributed by atoms with Crippen LogP contribution >= 0.6 is 11.8 Å². The molecule has 1 fully saturated rings. The van der Waals surface area contributed by atoms with E-state index >= 15 is 0 Å². The van der Waals surface area contributed by atoms with Gasteiger partial charge in [-0.25, -0.2) is 4.98 Å². The van der Waals surface area contributed by atoms with Gasteiger partial charge in [-0.05, 0) is 6.07 Å². The number of thioether (sulfide) groups is 1. The van der Waals surface area contributed by atoms with Crippen molar-refractivity contribution in [2.75, 3.05) is 37.8 Å². The fraction of sp³-hybridized carbons (Fsp3) is 0.385. The Morgan fingerprint density at radius 3 is 2.67 bits per heavy atom. The van der Waals surface area contributed by atoms with Crippen LogP contribution in [0.4, 0.5) is 5.82 Å². The summed E-state index contributed by atoms with van der Waals surface area (Å²) in [5.41, 5.74) is 6.05. The molecular formula is C13H13N5O2S. The molecule has 0 spiro atoms. The Morgan fingerprint density at radius 2 is 2.05 bits per heavy atom. The highest BCUT2D eigenvalue weighted by Crippen LogP contribution is 2.24. The number of aromatic nitrogens is 1. The van der Waals surface area contributed by atoms with Crippen molar-refractivity contribution >= 4 is 23.5 Å². The number of hydrogen-bond acceptors (Lipinski definition) is 7. The van der Waals surface area contributed by atoms with Gasteiger partial charge in [-0.1, -0.05) is 11.8 Å². The molecule has 0 radical (unpaired) electrons. The van der Waals surface area contributed by atoms with E-state index in [1.54, 1.807) is 4.90 Å². The standard InChI is InChI=1S/C13H13N5O2S/c14-6-9-5-10(7-15)13(17-12(9)16)21-8-11(19)18-1-3-20-4-2-18/h5H,1-4,8H2,(H2,16,17). The van der Waals surface area contributed by atoms with E-state index in [2.05, 4.69) is 4.98 Å². The molecule has 1 aromatic rings. The first-order chi connectivity index (χ1) is 10.2. The molecule has 0 aromatic carbocycles. The Bertz CT molecular complexity index is 629. The normalized spacial score (nSPS) is 14.3. The van der Waals surface area contributed by atoms with Crippen LogP contribution in [0.25, 0.3) is 0 Å². The Balaban J connectivity index is 2.06. The molecule has 2 heterocycles. The van der Waals surface area contributed by atoms with E-state index in [9.17, 15) is 4.79 Å². The topological polar surface area (TPSA) is 116 Å². The van der Waals surface area contributed by atoms with E-state index in [1.165, 1.54) is 6.07 Å². The van der Waals surface area contributed by atoms with E-state index in [-0.39, 0.29) is 28.6 Å². The van der Waals surface area contributed by atoms with Crippen molar-refractivity contribution in [3.63, 3.8) is 0 Å². The number of nitrogens with zero attached hydrogens (tertiary/aromatic N) is 4. The first-order valence-electron chi connectivity index (χ1n) is 6.24. The van der Waals surface area contributed by atoms with Crippen molar-refractivity contribution in [2.24, 2.45) is 0 Å². The maximum atomic E-state index is 12.0. The second kappa shape index (κ2) is 6.93. The maximum Gasteiger partial charge on any atom is 0.233 e. The summed E-state index contributed by atoms with van der Waals surface area (Å²) in [7, 11) is 0. The van der Waals surface area contributed by atoms with Gasteiger partial charge in [0.2, 0.25) is 5.91 Å². The van der Waals surface area contributed by atoms with Crippen molar-refractivity contribution in [2.45, 2.75) is 5.03 Å². The molecule has 8 heteroatoms. The average molecular weight is 303 g/mol. The smallest absolute Gasteiger partial charge is 0.233 e. The highest BCUT2D eigenvalue weighted by molar-refractivity contribution is 8.00. The van der Waals surface area contributed by atoms with Gasteiger partial charge in [0.05, 0.1) is 30.1 Å². The third kappa shape index (κ3) is 3.63. The molecule has 1 aliphatic heterocycles. The minimum atomic E-state index is -0.0306. The number of hydrogen-bond donors (Lipinski definition) is 1. The Kier molecular flexibility index (Phi) is 4.99. The number of rotatable bonds is 3. The first kappa shape index (κ1) is 15.1.